The fraction of sp³-hybridized carbons (Fsp3) is 0.500. The first kappa shape index (κ1) is 10.8. The third-order valence-corrected chi connectivity index (χ3v) is 3.07. The van der Waals surface area contributed by atoms with Crippen molar-refractivity contribution >= 4 is 5.69 Å². The zero-order valence-corrected chi connectivity index (χ0v) is 9.50. The van der Waals surface area contributed by atoms with Gasteiger partial charge in [0.15, 0.2) is 0 Å². The molecule has 4 heteroatoms. The Hall–Kier alpha value is -1.67. The number of fused-ring (bicyclic) bond motifs is 1. The van der Waals surface area contributed by atoms with Crippen LogP contribution in [0.1, 0.15) is 18.9 Å². The molecule has 0 fully saturated rings. The van der Waals surface area contributed by atoms with Crippen molar-refractivity contribution in [2.45, 2.75) is 25.8 Å². The van der Waals surface area contributed by atoms with E-state index in [0.717, 1.165) is 19.4 Å². The van der Waals surface area contributed by atoms with E-state index < -0.39 is 0 Å². The van der Waals surface area contributed by atoms with Gasteiger partial charge in [-0.15, -0.1) is 0 Å². The van der Waals surface area contributed by atoms with Crippen LogP contribution in [0.4, 0.5) is 5.69 Å². The predicted molar refractivity (Wildman–Crippen MR) is 65.6 cm³/mol. The zero-order chi connectivity index (χ0) is 11.4. The lowest BCUT2D eigenvalue weighted by molar-refractivity contribution is 0.650. The van der Waals surface area contributed by atoms with Crippen molar-refractivity contribution in [2.24, 2.45) is 5.11 Å². The van der Waals surface area contributed by atoms with Crippen molar-refractivity contribution in [3.63, 3.8) is 0 Å². The van der Waals surface area contributed by atoms with Crippen molar-refractivity contribution in [3.8, 4) is 0 Å². The van der Waals surface area contributed by atoms with Gasteiger partial charge in [-0.2, -0.15) is 0 Å². The summed E-state index contributed by atoms with van der Waals surface area (Å²) in [5.41, 5.74) is 11.0. The molecule has 0 N–H and O–H groups in total. The van der Waals surface area contributed by atoms with Crippen LogP contribution in [0.2, 0.25) is 0 Å². The summed E-state index contributed by atoms with van der Waals surface area (Å²) >= 11 is 0. The minimum Gasteiger partial charge on any atom is -0.368 e. The maximum atomic E-state index is 8.21. The van der Waals surface area contributed by atoms with Crippen LogP contribution in [0, 0.1) is 0 Å². The Morgan fingerprint density at radius 1 is 1.50 bits per heavy atom. The lowest BCUT2D eigenvalue weighted by atomic mass is 10.1. The maximum absolute atomic E-state index is 8.21. The molecule has 0 amide bonds. The van der Waals surface area contributed by atoms with Gasteiger partial charge in [-0.25, -0.2) is 0 Å². The number of azide groups is 1. The highest BCUT2D eigenvalue weighted by Gasteiger charge is 2.24. The molecule has 1 heterocycles. The molecule has 1 aliphatic heterocycles. The van der Waals surface area contributed by atoms with Gasteiger partial charge in [0.2, 0.25) is 0 Å². The summed E-state index contributed by atoms with van der Waals surface area (Å²) in [5.74, 6) is 0. The Kier molecular flexibility index (Phi) is 3.32. The van der Waals surface area contributed by atoms with Gasteiger partial charge in [0.05, 0.1) is 0 Å². The van der Waals surface area contributed by atoms with Gasteiger partial charge in [-0.1, -0.05) is 23.3 Å². The SMILES string of the molecule is CC1Cc2ccccc2N1CCCN=[N+]=[N-]. The fourth-order valence-corrected chi connectivity index (χ4v) is 2.33. The highest BCUT2D eigenvalue weighted by molar-refractivity contribution is 5.59. The smallest absolute Gasteiger partial charge is 0.0402 e. The quantitative estimate of drug-likeness (QED) is 0.330. The Balaban J connectivity index is 2.01. The Morgan fingerprint density at radius 3 is 3.12 bits per heavy atom. The maximum Gasteiger partial charge on any atom is 0.0402 e. The molecule has 2 rings (SSSR count). The number of para-hydroxylation sites is 1. The molecule has 16 heavy (non-hydrogen) atoms. The lowest BCUT2D eigenvalue weighted by Gasteiger charge is -2.24. The molecular formula is C12H16N4. The van der Waals surface area contributed by atoms with Crippen molar-refractivity contribution < 1.29 is 0 Å². The third kappa shape index (κ3) is 2.12. The fourth-order valence-electron chi connectivity index (χ4n) is 2.33. The number of hydrogen-bond donors (Lipinski definition) is 0. The number of benzene rings is 1. The van der Waals surface area contributed by atoms with Crippen LogP contribution in [0.5, 0.6) is 0 Å². The van der Waals surface area contributed by atoms with Crippen molar-refractivity contribution in [3.05, 3.63) is 40.3 Å². The van der Waals surface area contributed by atoms with Gasteiger partial charge < -0.3 is 4.90 Å². The molecule has 1 aromatic carbocycles. The highest BCUT2D eigenvalue weighted by Crippen LogP contribution is 2.31. The van der Waals surface area contributed by atoms with Crippen LogP contribution < -0.4 is 4.90 Å². The van der Waals surface area contributed by atoms with Crippen molar-refractivity contribution in [2.75, 3.05) is 18.0 Å². The Bertz CT molecular complexity index is 409. The van der Waals surface area contributed by atoms with E-state index in [-0.39, 0.29) is 0 Å². The van der Waals surface area contributed by atoms with Crippen molar-refractivity contribution in [1.82, 2.24) is 0 Å². The summed E-state index contributed by atoms with van der Waals surface area (Å²) in [6.07, 6.45) is 2.04. The molecule has 0 saturated heterocycles. The number of rotatable bonds is 4. The molecule has 0 saturated carbocycles. The van der Waals surface area contributed by atoms with E-state index in [2.05, 4.69) is 46.1 Å². The van der Waals surface area contributed by atoms with Gasteiger partial charge >= 0.3 is 0 Å². The molecule has 1 aromatic rings. The topological polar surface area (TPSA) is 52.0 Å². The van der Waals surface area contributed by atoms with E-state index in [0.29, 0.717) is 12.6 Å². The van der Waals surface area contributed by atoms with E-state index in [9.17, 15) is 0 Å². The van der Waals surface area contributed by atoms with E-state index >= 15 is 0 Å². The van der Waals surface area contributed by atoms with Crippen molar-refractivity contribution in [1.29, 1.82) is 0 Å². The van der Waals surface area contributed by atoms with E-state index in [1.54, 1.807) is 0 Å². The van der Waals surface area contributed by atoms with Gasteiger partial charge in [-0.05, 0) is 36.9 Å². The molecule has 4 nitrogen and oxygen atoms in total. The molecule has 0 aliphatic carbocycles. The van der Waals surface area contributed by atoms with E-state index in [1.807, 2.05) is 0 Å². The first-order chi connectivity index (χ1) is 7.83. The molecule has 0 spiro atoms. The largest absolute Gasteiger partial charge is 0.368 e. The van der Waals surface area contributed by atoms with Crippen LogP contribution in [-0.2, 0) is 6.42 Å². The van der Waals surface area contributed by atoms with Gasteiger partial charge in [-0.3, -0.25) is 0 Å². The normalized spacial score (nSPS) is 18.1. The van der Waals surface area contributed by atoms with Gasteiger partial charge in [0.1, 0.15) is 0 Å². The molecule has 84 valence electrons. The highest BCUT2D eigenvalue weighted by atomic mass is 15.2. The van der Waals surface area contributed by atoms with Gasteiger partial charge in [0, 0.05) is 29.7 Å². The minimum atomic E-state index is 0.559. The summed E-state index contributed by atoms with van der Waals surface area (Å²) in [6.45, 7) is 3.80. The molecular weight excluding hydrogens is 200 g/mol. The minimum absolute atomic E-state index is 0.559. The van der Waals surface area contributed by atoms with Gasteiger partial charge in [0.25, 0.3) is 0 Å². The summed E-state index contributed by atoms with van der Waals surface area (Å²) in [4.78, 5) is 5.17. The second kappa shape index (κ2) is 4.90. The monoisotopic (exact) mass is 216 g/mol. The zero-order valence-electron chi connectivity index (χ0n) is 9.50. The summed E-state index contributed by atoms with van der Waals surface area (Å²) < 4.78 is 0. The predicted octanol–water partition coefficient (Wildman–Crippen LogP) is 3.14. The molecule has 0 radical (unpaired) electrons. The van der Waals surface area contributed by atoms with Crippen LogP contribution in [0.3, 0.4) is 0 Å². The lowest BCUT2D eigenvalue weighted by Crippen LogP contribution is -2.30. The number of nitrogens with zero attached hydrogens (tertiary/aromatic N) is 4. The van der Waals surface area contributed by atoms with Crippen LogP contribution in [0.25, 0.3) is 10.4 Å². The first-order valence-corrected chi connectivity index (χ1v) is 5.68. The van der Waals surface area contributed by atoms with Crippen LogP contribution >= 0.6 is 0 Å². The summed E-state index contributed by atoms with van der Waals surface area (Å²) in [5, 5.41) is 3.57. The van der Waals surface area contributed by atoms with Crippen LogP contribution in [-0.4, -0.2) is 19.1 Å². The van der Waals surface area contributed by atoms with Crippen LogP contribution in [0.15, 0.2) is 29.4 Å². The van der Waals surface area contributed by atoms with E-state index in [1.165, 1.54) is 11.3 Å². The summed E-state index contributed by atoms with van der Waals surface area (Å²) in [7, 11) is 0. The second-order valence-corrected chi connectivity index (χ2v) is 4.18. The number of hydrogen-bond acceptors (Lipinski definition) is 2. The second-order valence-electron chi connectivity index (χ2n) is 4.18. The average molecular weight is 216 g/mol. The molecule has 0 bridgehead atoms. The molecule has 0 aromatic heterocycles. The number of anilines is 1. The first-order valence-electron chi connectivity index (χ1n) is 5.68. The summed E-state index contributed by atoms with van der Waals surface area (Å²) in [6, 6.07) is 9.10. The Morgan fingerprint density at radius 2 is 2.31 bits per heavy atom. The third-order valence-electron chi connectivity index (χ3n) is 3.07. The standard InChI is InChI=1S/C12H16N4/c1-10-9-11-5-2-3-6-12(11)16(10)8-4-7-14-15-13/h2-3,5-6,10H,4,7-9H2,1H3. The molecule has 1 atom stereocenters. The molecule has 1 aliphatic rings. The Labute approximate surface area is 95.5 Å². The van der Waals surface area contributed by atoms with E-state index in [4.69, 9.17) is 5.53 Å². The average Bonchev–Trinajstić information content (AvgIpc) is 2.61. The molecule has 1 unspecified atom stereocenters.